The number of ether oxygens (including phenoxy) is 1. The summed E-state index contributed by atoms with van der Waals surface area (Å²) in [6.07, 6.45) is 1.68. The molecule has 2 saturated heterocycles. The molecule has 180 valence electrons. The summed E-state index contributed by atoms with van der Waals surface area (Å²) >= 11 is 0. The molecule has 6 rings (SSSR count). The van der Waals surface area contributed by atoms with E-state index < -0.39 is 17.2 Å². The third-order valence-electron chi connectivity index (χ3n) is 8.15. The van der Waals surface area contributed by atoms with Crippen LogP contribution in [-0.2, 0) is 10.3 Å². The molecule has 2 bridgehead atoms. The van der Waals surface area contributed by atoms with Crippen molar-refractivity contribution < 1.29 is 23.4 Å². The van der Waals surface area contributed by atoms with E-state index in [1.165, 1.54) is 24.1 Å². The molecular weight excluding hydrogens is 448 g/mol. The molecule has 4 nitrogen and oxygen atoms in total. The molecule has 3 aromatic rings. The van der Waals surface area contributed by atoms with Crippen molar-refractivity contribution >= 4 is 6.09 Å². The van der Waals surface area contributed by atoms with Crippen LogP contribution in [0.4, 0.5) is 13.6 Å². The van der Waals surface area contributed by atoms with E-state index in [0.29, 0.717) is 5.56 Å². The minimum Gasteiger partial charge on any atom is -0.448 e. The highest BCUT2D eigenvalue weighted by Crippen LogP contribution is 2.48. The summed E-state index contributed by atoms with van der Waals surface area (Å²) < 4.78 is 33.8. The Morgan fingerprint density at radius 2 is 1.54 bits per heavy atom. The lowest BCUT2D eigenvalue weighted by Crippen LogP contribution is -2.52. The zero-order valence-electron chi connectivity index (χ0n) is 19.5. The highest BCUT2D eigenvalue weighted by atomic mass is 19.2. The monoisotopic (exact) mass is 475 g/mol. The Morgan fingerprint density at radius 1 is 0.971 bits per heavy atom. The summed E-state index contributed by atoms with van der Waals surface area (Å²) in [5, 5.41) is 11.5. The van der Waals surface area contributed by atoms with Crippen molar-refractivity contribution in [1.82, 2.24) is 4.90 Å². The Morgan fingerprint density at radius 3 is 2.14 bits per heavy atom. The second-order valence-electron chi connectivity index (χ2n) is 10.1. The van der Waals surface area contributed by atoms with E-state index in [4.69, 9.17) is 4.74 Å². The topological polar surface area (TPSA) is 49.8 Å². The molecule has 0 aromatic heterocycles. The van der Waals surface area contributed by atoms with Gasteiger partial charge in [-0.1, -0.05) is 54.6 Å². The molecule has 2 fully saturated rings. The summed E-state index contributed by atoms with van der Waals surface area (Å²) in [6.45, 7) is 1.74. The van der Waals surface area contributed by atoms with Crippen LogP contribution >= 0.6 is 0 Å². The molecule has 2 heterocycles. The van der Waals surface area contributed by atoms with Crippen LogP contribution in [0, 0.1) is 18.6 Å². The average molecular weight is 476 g/mol. The first kappa shape index (κ1) is 22.2. The van der Waals surface area contributed by atoms with Gasteiger partial charge >= 0.3 is 6.09 Å². The van der Waals surface area contributed by atoms with E-state index in [9.17, 15) is 18.7 Å². The predicted molar refractivity (Wildman–Crippen MR) is 128 cm³/mol. The lowest BCUT2D eigenvalue weighted by atomic mass is 9.79. The van der Waals surface area contributed by atoms with Crippen LogP contribution in [0.1, 0.15) is 53.9 Å². The van der Waals surface area contributed by atoms with Gasteiger partial charge < -0.3 is 14.7 Å². The molecule has 3 aromatic carbocycles. The van der Waals surface area contributed by atoms with Gasteiger partial charge in [-0.15, -0.1) is 0 Å². The highest BCUT2D eigenvalue weighted by Gasteiger charge is 2.51. The Labute approximate surface area is 203 Å². The third-order valence-corrected chi connectivity index (χ3v) is 8.15. The molecule has 2 aliphatic heterocycles. The fraction of sp³-hybridized carbons (Fsp3) is 0.345. The Kier molecular flexibility index (Phi) is 5.18. The normalized spacial score (nSPS) is 24.9. The number of hydrogen-bond donors (Lipinski definition) is 1. The zero-order chi connectivity index (χ0) is 24.3. The number of carbonyl (C=O) groups excluding carboxylic acids is 1. The second-order valence-corrected chi connectivity index (χ2v) is 10.1. The quantitative estimate of drug-likeness (QED) is 0.503. The van der Waals surface area contributed by atoms with Gasteiger partial charge in [0.15, 0.2) is 11.6 Å². The largest absolute Gasteiger partial charge is 0.448 e. The molecule has 0 saturated carbocycles. The first-order chi connectivity index (χ1) is 16.9. The fourth-order valence-corrected chi connectivity index (χ4v) is 6.57. The Hall–Kier alpha value is -3.25. The number of rotatable bonds is 3. The van der Waals surface area contributed by atoms with Crippen LogP contribution < -0.4 is 0 Å². The van der Waals surface area contributed by atoms with Gasteiger partial charge in [0, 0.05) is 30.8 Å². The molecule has 35 heavy (non-hydrogen) atoms. The number of aliphatic hydroxyl groups is 1. The first-order valence-corrected chi connectivity index (χ1v) is 12.2. The molecule has 2 unspecified atom stereocenters. The summed E-state index contributed by atoms with van der Waals surface area (Å²) in [4.78, 5) is 15.0. The van der Waals surface area contributed by atoms with Crippen molar-refractivity contribution in [2.45, 2.75) is 56.2 Å². The van der Waals surface area contributed by atoms with Gasteiger partial charge in [0.2, 0.25) is 0 Å². The number of hydrogen-bond acceptors (Lipinski definition) is 3. The minimum atomic E-state index is -1.30. The lowest BCUT2D eigenvalue weighted by molar-refractivity contribution is -0.0537. The number of piperidine rings is 1. The van der Waals surface area contributed by atoms with Crippen molar-refractivity contribution in [3.63, 3.8) is 0 Å². The number of benzene rings is 3. The number of amides is 1. The fourth-order valence-electron chi connectivity index (χ4n) is 6.57. The molecule has 3 aliphatic rings. The minimum absolute atomic E-state index is 0.0180. The average Bonchev–Trinajstić information content (AvgIpc) is 3.33. The van der Waals surface area contributed by atoms with E-state index >= 15 is 0 Å². The van der Waals surface area contributed by atoms with Gasteiger partial charge in [0.1, 0.15) is 6.61 Å². The number of halogens is 2. The maximum Gasteiger partial charge on any atom is 0.410 e. The molecule has 1 amide bonds. The van der Waals surface area contributed by atoms with Gasteiger partial charge in [0.05, 0.1) is 5.60 Å². The standard InChI is InChI=1S/C29H27F2NO3/c1-17-25(12-13-26(30)27(17)31)29(34)14-18-10-11-19(15-29)32(18)28(33)35-16-24-22-8-4-2-6-20(22)21-7-3-5-9-23(21)24/h2-9,12-13,18-19,24,34H,10-11,14-16H2,1H3. The van der Waals surface area contributed by atoms with Crippen LogP contribution in [-0.4, -0.2) is 34.8 Å². The summed E-state index contributed by atoms with van der Waals surface area (Å²) in [5.41, 5.74) is 3.90. The van der Waals surface area contributed by atoms with Crippen molar-refractivity contribution in [2.24, 2.45) is 0 Å². The van der Waals surface area contributed by atoms with Crippen molar-refractivity contribution in [3.8, 4) is 11.1 Å². The van der Waals surface area contributed by atoms with Gasteiger partial charge in [-0.25, -0.2) is 13.6 Å². The molecule has 1 N–H and O–H groups in total. The zero-order valence-corrected chi connectivity index (χ0v) is 19.5. The van der Waals surface area contributed by atoms with Crippen molar-refractivity contribution in [1.29, 1.82) is 0 Å². The summed E-state index contributed by atoms with van der Waals surface area (Å²) in [6, 6.07) is 18.5. The van der Waals surface area contributed by atoms with E-state index in [1.54, 1.807) is 4.90 Å². The van der Waals surface area contributed by atoms with Gasteiger partial charge in [0.25, 0.3) is 0 Å². The van der Waals surface area contributed by atoms with E-state index in [-0.39, 0.29) is 49.1 Å². The molecule has 6 heteroatoms. The van der Waals surface area contributed by atoms with Crippen LogP contribution in [0.5, 0.6) is 0 Å². The number of nitrogens with zero attached hydrogens (tertiary/aromatic N) is 1. The molecule has 0 radical (unpaired) electrons. The molecular formula is C29H27F2NO3. The van der Waals surface area contributed by atoms with Crippen LogP contribution in [0.15, 0.2) is 60.7 Å². The van der Waals surface area contributed by atoms with E-state index in [2.05, 4.69) is 24.3 Å². The van der Waals surface area contributed by atoms with Crippen molar-refractivity contribution in [2.75, 3.05) is 6.61 Å². The summed E-state index contributed by atoms with van der Waals surface area (Å²) in [5.74, 6) is -1.87. The van der Waals surface area contributed by atoms with Crippen LogP contribution in [0.3, 0.4) is 0 Å². The predicted octanol–water partition coefficient (Wildman–Crippen LogP) is 6.04. The number of carbonyl (C=O) groups is 1. The number of fused-ring (bicyclic) bond motifs is 5. The summed E-state index contributed by atoms with van der Waals surface area (Å²) in [7, 11) is 0. The highest BCUT2D eigenvalue weighted by molar-refractivity contribution is 5.79. The maximum absolute atomic E-state index is 14.2. The molecule has 1 aliphatic carbocycles. The van der Waals surface area contributed by atoms with E-state index in [1.807, 2.05) is 24.3 Å². The molecule has 0 spiro atoms. The van der Waals surface area contributed by atoms with Gasteiger partial charge in [-0.3, -0.25) is 0 Å². The third kappa shape index (κ3) is 3.46. The van der Waals surface area contributed by atoms with Crippen LogP contribution in [0.25, 0.3) is 11.1 Å². The van der Waals surface area contributed by atoms with Gasteiger partial charge in [-0.2, -0.15) is 0 Å². The smallest absolute Gasteiger partial charge is 0.410 e. The Balaban J connectivity index is 1.20. The maximum atomic E-state index is 14.2. The first-order valence-electron chi connectivity index (χ1n) is 12.2. The van der Waals surface area contributed by atoms with Crippen LogP contribution in [0.2, 0.25) is 0 Å². The van der Waals surface area contributed by atoms with Crippen molar-refractivity contribution in [3.05, 3.63) is 94.6 Å². The van der Waals surface area contributed by atoms with E-state index in [0.717, 1.165) is 30.0 Å². The molecule has 2 atom stereocenters. The lowest BCUT2D eigenvalue weighted by Gasteiger charge is -2.44. The second kappa shape index (κ2) is 8.16. The SMILES string of the molecule is Cc1c(C2(O)CC3CCC(C2)N3C(=O)OCC2c3ccccc3-c3ccccc32)ccc(F)c1F. The Bertz CT molecular complexity index is 1260. The van der Waals surface area contributed by atoms with Gasteiger partial charge in [-0.05, 0) is 59.2 Å².